The lowest BCUT2D eigenvalue weighted by atomic mass is 9.95. The number of furan rings is 1. The first kappa shape index (κ1) is 22.7. The number of halogens is 2. The smallest absolute Gasteiger partial charge is 0.191 e. The van der Waals surface area contributed by atoms with E-state index in [1.54, 1.807) is 19.1 Å². The lowest BCUT2D eigenvalue weighted by molar-refractivity contribution is 0.0428. The van der Waals surface area contributed by atoms with Crippen molar-refractivity contribution in [2.45, 2.75) is 44.6 Å². The summed E-state index contributed by atoms with van der Waals surface area (Å²) < 4.78 is 19.7. The molecule has 0 aliphatic heterocycles. The molecule has 3 N–H and O–H groups in total. The van der Waals surface area contributed by atoms with Gasteiger partial charge in [-0.05, 0) is 57.4 Å². The van der Waals surface area contributed by atoms with E-state index in [2.05, 4.69) is 15.6 Å². The first-order chi connectivity index (χ1) is 12.9. The van der Waals surface area contributed by atoms with Gasteiger partial charge in [-0.1, -0.05) is 18.2 Å². The first-order valence-corrected chi connectivity index (χ1v) is 9.43. The van der Waals surface area contributed by atoms with Crippen LogP contribution in [0.15, 0.2) is 45.8 Å². The van der Waals surface area contributed by atoms with Crippen molar-refractivity contribution in [1.29, 1.82) is 0 Å². The highest BCUT2D eigenvalue weighted by molar-refractivity contribution is 14.0. The predicted molar refractivity (Wildman–Crippen MR) is 120 cm³/mol. The van der Waals surface area contributed by atoms with Crippen LogP contribution in [0.1, 0.15) is 43.8 Å². The van der Waals surface area contributed by atoms with E-state index in [4.69, 9.17) is 4.42 Å². The fourth-order valence-electron chi connectivity index (χ4n) is 3.21. The highest BCUT2D eigenvalue weighted by Gasteiger charge is 2.45. The van der Waals surface area contributed by atoms with Crippen molar-refractivity contribution in [2.75, 3.05) is 19.6 Å². The van der Waals surface area contributed by atoms with Crippen molar-refractivity contribution in [1.82, 2.24) is 10.6 Å². The van der Waals surface area contributed by atoms with Crippen molar-refractivity contribution in [3.8, 4) is 0 Å². The van der Waals surface area contributed by atoms with Crippen molar-refractivity contribution in [3.63, 3.8) is 0 Å². The Labute approximate surface area is 182 Å². The molecule has 3 rings (SSSR count). The van der Waals surface area contributed by atoms with Crippen LogP contribution in [0.25, 0.3) is 0 Å². The maximum atomic E-state index is 14.2. The van der Waals surface area contributed by atoms with Crippen LogP contribution in [-0.4, -0.2) is 30.7 Å². The molecule has 1 fully saturated rings. The number of nitrogens with one attached hydrogen (secondary N) is 2. The molecule has 0 radical (unpaired) electrons. The number of aryl methyl sites for hydroxylation is 1. The summed E-state index contributed by atoms with van der Waals surface area (Å²) in [5.74, 6) is 1.68. The third-order valence-electron chi connectivity index (χ3n) is 5.05. The van der Waals surface area contributed by atoms with Crippen molar-refractivity contribution >= 4 is 29.9 Å². The molecule has 1 heterocycles. The fourth-order valence-corrected chi connectivity index (χ4v) is 3.21. The third-order valence-corrected chi connectivity index (χ3v) is 5.05. The summed E-state index contributed by atoms with van der Waals surface area (Å²) in [7, 11) is 0. The molecule has 5 nitrogen and oxygen atoms in total. The number of nitrogens with zero attached hydrogens (tertiary/aromatic N) is 1. The molecule has 154 valence electrons. The standard InChI is InChI=1S/C21H28FN3O2.HI/c1-4-23-19(24-13-20(3,26)18-10-9-15(2)27-18)25-14-21(11-12-21)16-7-5-6-8-17(16)22;/h5-10,26H,4,11-14H2,1-3H3,(H2,23,24,25);1H. The Morgan fingerprint density at radius 1 is 1.25 bits per heavy atom. The summed E-state index contributed by atoms with van der Waals surface area (Å²) in [6.07, 6.45) is 1.90. The Bertz CT molecular complexity index is 815. The molecule has 7 heteroatoms. The molecule has 0 amide bonds. The molecule has 1 aliphatic rings. The highest BCUT2D eigenvalue weighted by atomic mass is 127. The van der Waals surface area contributed by atoms with Crippen LogP contribution in [0.3, 0.4) is 0 Å². The average molecular weight is 501 g/mol. The monoisotopic (exact) mass is 501 g/mol. The van der Waals surface area contributed by atoms with E-state index in [0.717, 1.165) is 24.2 Å². The van der Waals surface area contributed by atoms with E-state index >= 15 is 0 Å². The maximum absolute atomic E-state index is 14.2. The van der Waals surface area contributed by atoms with E-state index < -0.39 is 5.60 Å². The maximum Gasteiger partial charge on any atom is 0.191 e. The van der Waals surface area contributed by atoms with E-state index in [9.17, 15) is 9.50 Å². The summed E-state index contributed by atoms with van der Waals surface area (Å²) in [6, 6.07) is 10.5. The van der Waals surface area contributed by atoms with Gasteiger partial charge in [0.1, 0.15) is 22.9 Å². The summed E-state index contributed by atoms with van der Waals surface area (Å²) >= 11 is 0. The third kappa shape index (κ3) is 5.26. The molecule has 1 saturated carbocycles. The Balaban J connectivity index is 0.00000280. The predicted octanol–water partition coefficient (Wildman–Crippen LogP) is 3.84. The van der Waals surface area contributed by atoms with Gasteiger partial charge in [0.25, 0.3) is 0 Å². The lowest BCUT2D eigenvalue weighted by Crippen LogP contribution is -2.42. The molecular weight excluding hydrogens is 472 g/mol. The Morgan fingerprint density at radius 2 is 1.96 bits per heavy atom. The molecule has 0 spiro atoms. The van der Waals surface area contributed by atoms with Crippen LogP contribution in [0.2, 0.25) is 0 Å². The van der Waals surface area contributed by atoms with Gasteiger partial charge in [-0.2, -0.15) is 0 Å². The van der Waals surface area contributed by atoms with Crippen LogP contribution >= 0.6 is 24.0 Å². The van der Waals surface area contributed by atoms with Gasteiger partial charge >= 0.3 is 0 Å². The molecule has 1 aromatic heterocycles. The number of hydrogen-bond acceptors (Lipinski definition) is 3. The zero-order valence-corrected chi connectivity index (χ0v) is 18.9. The number of benzene rings is 1. The first-order valence-electron chi connectivity index (χ1n) is 9.43. The van der Waals surface area contributed by atoms with Gasteiger partial charge < -0.3 is 20.2 Å². The highest BCUT2D eigenvalue weighted by Crippen LogP contribution is 2.48. The summed E-state index contributed by atoms with van der Waals surface area (Å²) in [6.45, 7) is 6.95. The second-order valence-corrected chi connectivity index (χ2v) is 7.49. The Kier molecular flexibility index (Phi) is 7.50. The van der Waals surface area contributed by atoms with Crippen molar-refractivity contribution in [3.05, 3.63) is 59.3 Å². The second-order valence-electron chi connectivity index (χ2n) is 7.49. The summed E-state index contributed by atoms with van der Waals surface area (Å²) in [4.78, 5) is 4.51. The molecular formula is C21H29FIN3O2. The van der Waals surface area contributed by atoms with Gasteiger partial charge in [0, 0.05) is 18.5 Å². The van der Waals surface area contributed by atoms with Gasteiger partial charge in [-0.25, -0.2) is 9.38 Å². The van der Waals surface area contributed by atoms with Crippen LogP contribution in [0, 0.1) is 12.7 Å². The second kappa shape index (κ2) is 9.26. The van der Waals surface area contributed by atoms with Crippen LogP contribution in [-0.2, 0) is 11.0 Å². The van der Waals surface area contributed by atoms with Gasteiger partial charge in [0.2, 0.25) is 0 Å². The average Bonchev–Trinajstić information content (AvgIpc) is 3.29. The minimum absolute atomic E-state index is 0. The molecule has 0 saturated heterocycles. The van der Waals surface area contributed by atoms with Crippen molar-refractivity contribution < 1.29 is 13.9 Å². The van der Waals surface area contributed by atoms with Gasteiger partial charge in [-0.15, -0.1) is 24.0 Å². The minimum Gasteiger partial charge on any atom is -0.463 e. The number of aliphatic imine (C=N–C) groups is 1. The van der Waals surface area contributed by atoms with Gasteiger partial charge in [-0.3, -0.25) is 0 Å². The molecule has 1 unspecified atom stereocenters. The van der Waals surface area contributed by atoms with Crippen LogP contribution < -0.4 is 10.6 Å². The topological polar surface area (TPSA) is 69.8 Å². The van der Waals surface area contributed by atoms with Crippen molar-refractivity contribution in [2.24, 2.45) is 4.99 Å². The molecule has 1 aromatic carbocycles. The van der Waals surface area contributed by atoms with E-state index in [1.807, 2.05) is 32.0 Å². The fraction of sp³-hybridized carbons (Fsp3) is 0.476. The quantitative estimate of drug-likeness (QED) is 0.307. The molecule has 2 aromatic rings. The number of guanidine groups is 1. The number of rotatable bonds is 7. The van der Waals surface area contributed by atoms with Crippen LogP contribution in [0.5, 0.6) is 0 Å². The van der Waals surface area contributed by atoms with Gasteiger partial charge in [0.15, 0.2) is 5.96 Å². The largest absolute Gasteiger partial charge is 0.463 e. The number of hydrogen-bond donors (Lipinski definition) is 3. The van der Waals surface area contributed by atoms with E-state index in [1.165, 1.54) is 6.07 Å². The normalized spacial score (nSPS) is 17.4. The molecule has 0 bridgehead atoms. The molecule has 1 atom stereocenters. The Hall–Kier alpha value is -1.61. The molecule has 28 heavy (non-hydrogen) atoms. The number of aliphatic hydroxyl groups is 1. The SMILES string of the molecule is CCNC(=NCC(C)(O)c1ccc(C)o1)NCC1(c2ccccc2F)CC1.I. The van der Waals surface area contributed by atoms with E-state index in [-0.39, 0.29) is 41.8 Å². The zero-order valence-electron chi connectivity index (χ0n) is 16.6. The van der Waals surface area contributed by atoms with Gasteiger partial charge in [0.05, 0.1) is 6.54 Å². The zero-order chi connectivity index (χ0) is 19.5. The minimum atomic E-state index is -1.20. The summed E-state index contributed by atoms with van der Waals surface area (Å²) in [5, 5.41) is 17.2. The molecule has 1 aliphatic carbocycles. The van der Waals surface area contributed by atoms with E-state index in [0.29, 0.717) is 24.8 Å². The Morgan fingerprint density at radius 3 is 2.54 bits per heavy atom. The van der Waals surface area contributed by atoms with Crippen LogP contribution in [0.4, 0.5) is 4.39 Å². The lowest BCUT2D eigenvalue weighted by Gasteiger charge is -2.22. The summed E-state index contributed by atoms with van der Waals surface area (Å²) in [5.41, 5.74) is -0.617.